The lowest BCUT2D eigenvalue weighted by molar-refractivity contribution is -0.123. The van der Waals surface area contributed by atoms with Crippen LogP contribution in [-0.4, -0.2) is 43.9 Å². The summed E-state index contributed by atoms with van der Waals surface area (Å²) in [4.78, 5) is 11.4. The molecule has 0 aromatic carbocycles. The standard InChI is InChI=1S/C10H22N2O3/c1-10(2,7-13)6-12-9(14)4-8(5-11)15-3/h8,13H,4-7,11H2,1-3H3,(H,12,14). The highest BCUT2D eigenvalue weighted by molar-refractivity contribution is 5.76. The summed E-state index contributed by atoms with van der Waals surface area (Å²) in [6.07, 6.45) is 0.0244. The zero-order valence-corrected chi connectivity index (χ0v) is 9.75. The van der Waals surface area contributed by atoms with E-state index in [1.54, 1.807) is 0 Å². The Balaban J connectivity index is 3.84. The summed E-state index contributed by atoms with van der Waals surface area (Å²) < 4.78 is 4.99. The number of rotatable bonds is 7. The van der Waals surface area contributed by atoms with E-state index >= 15 is 0 Å². The number of ether oxygens (including phenoxy) is 1. The molecule has 0 aliphatic rings. The molecule has 0 rings (SSSR count). The monoisotopic (exact) mass is 218 g/mol. The van der Waals surface area contributed by atoms with Crippen LogP contribution in [0.15, 0.2) is 0 Å². The Kier molecular flexibility index (Phi) is 6.47. The Morgan fingerprint density at radius 2 is 2.20 bits per heavy atom. The van der Waals surface area contributed by atoms with Crippen LogP contribution in [-0.2, 0) is 9.53 Å². The fourth-order valence-electron chi connectivity index (χ4n) is 0.936. The molecule has 5 nitrogen and oxygen atoms in total. The molecular formula is C10H22N2O3. The second kappa shape index (κ2) is 6.76. The predicted molar refractivity (Wildman–Crippen MR) is 58.3 cm³/mol. The first-order chi connectivity index (χ1) is 6.95. The van der Waals surface area contributed by atoms with Crippen LogP contribution in [0.25, 0.3) is 0 Å². The number of hydrogen-bond donors (Lipinski definition) is 3. The minimum atomic E-state index is -0.291. The summed E-state index contributed by atoms with van der Waals surface area (Å²) in [5.74, 6) is -0.103. The van der Waals surface area contributed by atoms with Gasteiger partial charge in [-0.3, -0.25) is 4.79 Å². The third-order valence-corrected chi connectivity index (χ3v) is 2.20. The molecule has 90 valence electrons. The van der Waals surface area contributed by atoms with Gasteiger partial charge in [0.25, 0.3) is 0 Å². The minimum Gasteiger partial charge on any atom is -0.396 e. The number of hydrogen-bond acceptors (Lipinski definition) is 4. The first kappa shape index (κ1) is 14.3. The van der Waals surface area contributed by atoms with E-state index in [9.17, 15) is 4.79 Å². The van der Waals surface area contributed by atoms with E-state index in [0.29, 0.717) is 13.1 Å². The van der Waals surface area contributed by atoms with Gasteiger partial charge < -0.3 is 20.9 Å². The predicted octanol–water partition coefficient (Wildman–Crippen LogP) is -0.515. The highest BCUT2D eigenvalue weighted by atomic mass is 16.5. The largest absolute Gasteiger partial charge is 0.396 e. The molecule has 0 spiro atoms. The quantitative estimate of drug-likeness (QED) is 0.537. The van der Waals surface area contributed by atoms with Crippen LogP contribution in [0.4, 0.5) is 0 Å². The van der Waals surface area contributed by atoms with Crippen molar-refractivity contribution < 1.29 is 14.6 Å². The van der Waals surface area contributed by atoms with Crippen molar-refractivity contribution in [3.05, 3.63) is 0 Å². The highest BCUT2D eigenvalue weighted by Crippen LogP contribution is 2.11. The lowest BCUT2D eigenvalue weighted by atomic mass is 9.95. The van der Waals surface area contributed by atoms with E-state index in [2.05, 4.69) is 5.32 Å². The maximum absolute atomic E-state index is 11.4. The molecule has 0 bridgehead atoms. The minimum absolute atomic E-state index is 0.0396. The van der Waals surface area contributed by atoms with Gasteiger partial charge in [0, 0.05) is 32.2 Å². The Morgan fingerprint density at radius 3 is 2.60 bits per heavy atom. The van der Waals surface area contributed by atoms with Gasteiger partial charge in [-0.2, -0.15) is 0 Å². The van der Waals surface area contributed by atoms with Crippen LogP contribution >= 0.6 is 0 Å². The van der Waals surface area contributed by atoms with Gasteiger partial charge >= 0.3 is 0 Å². The molecule has 0 aliphatic heterocycles. The number of nitrogens with two attached hydrogens (primary N) is 1. The highest BCUT2D eigenvalue weighted by Gasteiger charge is 2.18. The Labute approximate surface area is 91.0 Å². The summed E-state index contributed by atoms with van der Waals surface area (Å²) in [7, 11) is 1.53. The third-order valence-electron chi connectivity index (χ3n) is 2.20. The summed E-state index contributed by atoms with van der Waals surface area (Å²) in [6.45, 7) is 4.57. The lowest BCUT2D eigenvalue weighted by Gasteiger charge is -2.22. The van der Waals surface area contributed by atoms with Crippen molar-refractivity contribution in [3.63, 3.8) is 0 Å². The summed E-state index contributed by atoms with van der Waals surface area (Å²) in [5, 5.41) is 11.7. The van der Waals surface area contributed by atoms with Gasteiger partial charge in [0.15, 0.2) is 0 Å². The van der Waals surface area contributed by atoms with Crippen molar-refractivity contribution in [2.45, 2.75) is 26.4 Å². The van der Waals surface area contributed by atoms with Crippen molar-refractivity contribution in [3.8, 4) is 0 Å². The molecule has 0 saturated carbocycles. The average molecular weight is 218 g/mol. The van der Waals surface area contributed by atoms with Crippen LogP contribution in [0.2, 0.25) is 0 Å². The molecule has 4 N–H and O–H groups in total. The fourth-order valence-corrected chi connectivity index (χ4v) is 0.936. The van der Waals surface area contributed by atoms with E-state index in [0.717, 1.165) is 0 Å². The van der Waals surface area contributed by atoms with Crippen molar-refractivity contribution >= 4 is 5.91 Å². The van der Waals surface area contributed by atoms with Crippen molar-refractivity contribution in [1.29, 1.82) is 0 Å². The smallest absolute Gasteiger partial charge is 0.222 e. The zero-order chi connectivity index (χ0) is 11.9. The van der Waals surface area contributed by atoms with E-state index in [1.807, 2.05) is 13.8 Å². The number of aliphatic hydroxyl groups is 1. The SMILES string of the molecule is COC(CN)CC(=O)NCC(C)(C)CO. The molecule has 1 atom stereocenters. The normalized spacial score (nSPS) is 13.7. The van der Waals surface area contributed by atoms with Crippen LogP contribution in [0, 0.1) is 5.41 Å². The number of carbonyl (C=O) groups is 1. The van der Waals surface area contributed by atoms with Gasteiger partial charge in [0.05, 0.1) is 12.5 Å². The topological polar surface area (TPSA) is 84.6 Å². The molecule has 0 fully saturated rings. The first-order valence-electron chi connectivity index (χ1n) is 5.05. The lowest BCUT2D eigenvalue weighted by Crippen LogP contribution is -2.38. The molecular weight excluding hydrogens is 196 g/mol. The number of aliphatic hydroxyl groups excluding tert-OH is 1. The number of methoxy groups -OCH3 is 1. The average Bonchev–Trinajstić information content (AvgIpc) is 2.23. The zero-order valence-electron chi connectivity index (χ0n) is 9.75. The number of carbonyl (C=O) groups excluding carboxylic acids is 1. The molecule has 15 heavy (non-hydrogen) atoms. The van der Waals surface area contributed by atoms with Gasteiger partial charge in [-0.1, -0.05) is 13.8 Å². The van der Waals surface area contributed by atoms with Crippen molar-refractivity contribution in [1.82, 2.24) is 5.32 Å². The number of nitrogens with one attached hydrogen (secondary N) is 1. The van der Waals surface area contributed by atoms with E-state index in [1.165, 1.54) is 7.11 Å². The summed E-state index contributed by atoms with van der Waals surface area (Å²) in [6, 6.07) is 0. The molecule has 5 heteroatoms. The molecule has 0 aromatic heterocycles. The molecule has 0 aromatic rings. The molecule has 1 amide bonds. The van der Waals surface area contributed by atoms with Gasteiger partial charge in [-0.15, -0.1) is 0 Å². The van der Waals surface area contributed by atoms with Crippen LogP contribution < -0.4 is 11.1 Å². The molecule has 0 heterocycles. The van der Waals surface area contributed by atoms with Crippen LogP contribution in [0.1, 0.15) is 20.3 Å². The second-order valence-electron chi connectivity index (χ2n) is 4.40. The third kappa shape index (κ3) is 6.43. The Hall–Kier alpha value is -0.650. The molecule has 0 saturated heterocycles. The molecule has 0 aliphatic carbocycles. The van der Waals surface area contributed by atoms with Crippen LogP contribution in [0.3, 0.4) is 0 Å². The van der Waals surface area contributed by atoms with Gasteiger partial charge in [0.1, 0.15) is 0 Å². The second-order valence-corrected chi connectivity index (χ2v) is 4.40. The Bertz CT molecular complexity index is 191. The maximum Gasteiger partial charge on any atom is 0.222 e. The van der Waals surface area contributed by atoms with Gasteiger partial charge in [0.2, 0.25) is 5.91 Å². The summed E-state index contributed by atoms with van der Waals surface area (Å²) in [5.41, 5.74) is 5.10. The molecule has 1 unspecified atom stereocenters. The summed E-state index contributed by atoms with van der Waals surface area (Å²) >= 11 is 0. The van der Waals surface area contributed by atoms with Crippen molar-refractivity contribution in [2.75, 3.05) is 26.8 Å². The Morgan fingerprint density at radius 1 is 1.60 bits per heavy atom. The first-order valence-corrected chi connectivity index (χ1v) is 5.05. The van der Waals surface area contributed by atoms with Crippen LogP contribution in [0.5, 0.6) is 0 Å². The van der Waals surface area contributed by atoms with Gasteiger partial charge in [-0.05, 0) is 0 Å². The van der Waals surface area contributed by atoms with Gasteiger partial charge in [-0.25, -0.2) is 0 Å². The van der Waals surface area contributed by atoms with E-state index in [4.69, 9.17) is 15.6 Å². The van der Waals surface area contributed by atoms with E-state index in [-0.39, 0.29) is 30.5 Å². The fraction of sp³-hybridized carbons (Fsp3) is 0.900. The van der Waals surface area contributed by atoms with Crippen molar-refractivity contribution in [2.24, 2.45) is 11.1 Å². The van der Waals surface area contributed by atoms with E-state index < -0.39 is 0 Å². The maximum atomic E-state index is 11.4. The molecule has 0 radical (unpaired) electrons. The number of amides is 1.